The number of hydrogen-bond acceptors (Lipinski definition) is 8. The van der Waals surface area contributed by atoms with Gasteiger partial charge in [0.1, 0.15) is 17.2 Å². The van der Waals surface area contributed by atoms with Crippen molar-refractivity contribution in [1.82, 2.24) is 30.2 Å². The summed E-state index contributed by atoms with van der Waals surface area (Å²) in [5.74, 6) is -0.224. The van der Waals surface area contributed by atoms with E-state index >= 15 is 0 Å². The van der Waals surface area contributed by atoms with Gasteiger partial charge in [0.15, 0.2) is 5.69 Å². The van der Waals surface area contributed by atoms with Gasteiger partial charge in [-0.2, -0.15) is 0 Å². The van der Waals surface area contributed by atoms with Gasteiger partial charge in [0, 0.05) is 44.7 Å². The lowest BCUT2D eigenvalue weighted by atomic mass is 9.88. The van der Waals surface area contributed by atoms with Crippen LogP contribution in [-0.4, -0.2) is 82.0 Å². The van der Waals surface area contributed by atoms with E-state index in [0.717, 1.165) is 5.56 Å². The van der Waals surface area contributed by atoms with Gasteiger partial charge >= 0.3 is 0 Å². The number of rotatable bonds is 2. The van der Waals surface area contributed by atoms with E-state index in [9.17, 15) is 14.4 Å². The van der Waals surface area contributed by atoms with Crippen LogP contribution < -0.4 is 10.1 Å². The molecule has 0 radical (unpaired) electrons. The predicted molar refractivity (Wildman–Crippen MR) is 148 cm³/mol. The van der Waals surface area contributed by atoms with Crippen LogP contribution in [0.25, 0.3) is 11.0 Å². The molecule has 4 aromatic rings. The Hall–Kier alpha value is -4.80. The minimum atomic E-state index is -0.493. The van der Waals surface area contributed by atoms with E-state index in [4.69, 9.17) is 9.26 Å². The Bertz CT molecular complexity index is 1600. The van der Waals surface area contributed by atoms with E-state index in [1.807, 2.05) is 48.5 Å². The Morgan fingerprint density at radius 1 is 0.927 bits per heavy atom. The number of amides is 3. The van der Waals surface area contributed by atoms with E-state index in [1.165, 1.54) is 6.20 Å². The molecule has 4 heterocycles. The highest BCUT2D eigenvalue weighted by molar-refractivity contribution is 5.95. The highest BCUT2D eigenvalue weighted by atomic mass is 16.5. The number of ether oxygens (including phenoxy) is 1. The van der Waals surface area contributed by atoms with Crippen LogP contribution in [0.5, 0.6) is 5.75 Å². The molecule has 2 aliphatic heterocycles. The lowest BCUT2D eigenvalue weighted by Crippen LogP contribution is -2.42. The van der Waals surface area contributed by atoms with E-state index in [0.29, 0.717) is 55.2 Å². The van der Waals surface area contributed by atoms with Gasteiger partial charge in [-0.25, -0.2) is 4.98 Å². The Morgan fingerprint density at radius 2 is 1.73 bits per heavy atom. The first-order chi connectivity index (χ1) is 20.0. The minimum Gasteiger partial charge on any atom is -0.494 e. The normalized spacial score (nSPS) is 19.7. The van der Waals surface area contributed by atoms with Crippen molar-refractivity contribution in [3.8, 4) is 5.75 Å². The first-order valence-electron chi connectivity index (χ1n) is 13.7. The lowest BCUT2D eigenvalue weighted by Gasteiger charge is -2.24. The number of carbonyl (C=O) groups is 3. The van der Waals surface area contributed by atoms with Crippen LogP contribution in [0.15, 0.2) is 65.3 Å². The van der Waals surface area contributed by atoms with Crippen molar-refractivity contribution in [3.63, 3.8) is 0 Å². The molecular weight excluding hydrogens is 524 g/mol. The number of para-hydroxylation sites is 2. The standard InChI is InChI=1S/C30H30N6O5/c1-19-14-26(34-41-19)29(38)35-11-5-13-40-21-7-4-6-20(15-21)22-17-36(18-23(22)28(37)31-10-12-35)30(39)27-16-32-24-8-2-3-9-25(24)33-27/h2-4,6-9,14-16,22-23H,5,10-13,17-18H2,1H3,(H,31,37)/t22-,23+/m1/s1. The SMILES string of the molecule is Cc1cc(C(=O)N2CCCOc3cccc(c3)[C@H]3CN(C(=O)c4cnc5ccccc5n4)C[C@@H]3C(=O)NCC2)no1. The summed E-state index contributed by atoms with van der Waals surface area (Å²) in [5, 5.41) is 6.86. The second kappa shape index (κ2) is 11.4. The maximum Gasteiger partial charge on any atom is 0.276 e. The number of fused-ring (bicyclic) bond motifs is 5. The Kier molecular flexibility index (Phi) is 7.32. The molecule has 2 aromatic carbocycles. The average Bonchev–Trinajstić information content (AvgIpc) is 3.64. The first kappa shape index (κ1) is 26.4. The molecule has 0 unspecified atom stereocenters. The molecule has 1 fully saturated rings. The maximum atomic E-state index is 13.6. The molecule has 2 bridgehead atoms. The van der Waals surface area contributed by atoms with Gasteiger partial charge in [-0.15, -0.1) is 0 Å². The Morgan fingerprint density at radius 3 is 2.56 bits per heavy atom. The van der Waals surface area contributed by atoms with E-state index in [2.05, 4.69) is 20.4 Å². The number of likely N-dealkylation sites (tertiary alicyclic amines) is 1. The molecule has 210 valence electrons. The summed E-state index contributed by atoms with van der Waals surface area (Å²) >= 11 is 0. The molecule has 0 spiro atoms. The van der Waals surface area contributed by atoms with Crippen LogP contribution in [0.3, 0.4) is 0 Å². The molecule has 0 saturated carbocycles. The lowest BCUT2D eigenvalue weighted by molar-refractivity contribution is -0.125. The molecule has 2 aromatic heterocycles. The minimum absolute atomic E-state index is 0.178. The highest BCUT2D eigenvalue weighted by Gasteiger charge is 2.41. The molecule has 2 aliphatic rings. The van der Waals surface area contributed by atoms with Crippen molar-refractivity contribution in [2.75, 3.05) is 39.3 Å². The van der Waals surface area contributed by atoms with Crippen molar-refractivity contribution in [2.24, 2.45) is 5.92 Å². The molecule has 1 N–H and O–H groups in total. The van der Waals surface area contributed by atoms with Gasteiger partial charge in [0.25, 0.3) is 11.8 Å². The molecule has 41 heavy (non-hydrogen) atoms. The molecule has 0 aliphatic carbocycles. The quantitative estimate of drug-likeness (QED) is 0.400. The third kappa shape index (κ3) is 5.60. The largest absolute Gasteiger partial charge is 0.494 e. The second-order valence-electron chi connectivity index (χ2n) is 10.3. The number of hydrogen-bond donors (Lipinski definition) is 1. The average molecular weight is 555 g/mol. The fourth-order valence-corrected chi connectivity index (χ4v) is 5.46. The predicted octanol–water partition coefficient (Wildman–Crippen LogP) is 2.82. The van der Waals surface area contributed by atoms with Crippen LogP contribution in [0.4, 0.5) is 0 Å². The van der Waals surface area contributed by atoms with E-state index in [-0.39, 0.29) is 48.1 Å². The van der Waals surface area contributed by atoms with Crippen LogP contribution in [0.1, 0.15) is 44.6 Å². The summed E-state index contributed by atoms with van der Waals surface area (Å²) in [5.41, 5.74) is 2.74. The van der Waals surface area contributed by atoms with Gasteiger partial charge in [-0.05, 0) is 43.2 Å². The van der Waals surface area contributed by atoms with Crippen molar-refractivity contribution in [1.29, 1.82) is 0 Å². The summed E-state index contributed by atoms with van der Waals surface area (Å²) < 4.78 is 11.1. The third-order valence-corrected chi connectivity index (χ3v) is 7.55. The zero-order chi connectivity index (χ0) is 28.3. The number of carbonyl (C=O) groups excluding carboxylic acids is 3. The summed E-state index contributed by atoms with van der Waals surface area (Å²) in [4.78, 5) is 52.4. The fourth-order valence-electron chi connectivity index (χ4n) is 5.46. The zero-order valence-electron chi connectivity index (χ0n) is 22.7. The van der Waals surface area contributed by atoms with Crippen LogP contribution >= 0.6 is 0 Å². The molecule has 1 saturated heterocycles. The molecular formula is C30H30N6O5. The van der Waals surface area contributed by atoms with Gasteiger partial charge in [0.05, 0.1) is 29.8 Å². The zero-order valence-corrected chi connectivity index (χ0v) is 22.7. The topological polar surface area (TPSA) is 131 Å². The van der Waals surface area contributed by atoms with Crippen LogP contribution in [0.2, 0.25) is 0 Å². The number of aryl methyl sites for hydroxylation is 1. The number of nitrogens with zero attached hydrogens (tertiary/aromatic N) is 5. The van der Waals surface area contributed by atoms with Crippen LogP contribution in [0, 0.1) is 12.8 Å². The van der Waals surface area contributed by atoms with Gasteiger partial charge in [-0.3, -0.25) is 19.4 Å². The first-order valence-corrected chi connectivity index (χ1v) is 13.7. The monoisotopic (exact) mass is 554 g/mol. The Labute approximate surface area is 236 Å². The summed E-state index contributed by atoms with van der Waals surface area (Å²) in [6.07, 6.45) is 2.08. The molecule has 6 rings (SSSR count). The van der Waals surface area contributed by atoms with Gasteiger partial charge in [-0.1, -0.05) is 29.4 Å². The molecule has 11 nitrogen and oxygen atoms in total. The smallest absolute Gasteiger partial charge is 0.276 e. The van der Waals surface area contributed by atoms with Crippen molar-refractivity contribution in [2.45, 2.75) is 19.3 Å². The van der Waals surface area contributed by atoms with Gasteiger partial charge < -0.3 is 24.4 Å². The maximum absolute atomic E-state index is 13.6. The van der Waals surface area contributed by atoms with Crippen LogP contribution in [-0.2, 0) is 4.79 Å². The number of aromatic nitrogens is 3. The number of benzene rings is 2. The van der Waals surface area contributed by atoms with Crippen molar-refractivity contribution in [3.05, 3.63) is 83.5 Å². The highest BCUT2D eigenvalue weighted by Crippen LogP contribution is 2.35. The summed E-state index contributed by atoms with van der Waals surface area (Å²) in [6.45, 7) is 3.72. The van der Waals surface area contributed by atoms with E-state index in [1.54, 1.807) is 22.8 Å². The summed E-state index contributed by atoms with van der Waals surface area (Å²) in [6, 6.07) is 16.6. The summed E-state index contributed by atoms with van der Waals surface area (Å²) in [7, 11) is 0. The fraction of sp³-hybridized carbons (Fsp3) is 0.333. The number of nitrogens with one attached hydrogen (secondary N) is 1. The van der Waals surface area contributed by atoms with E-state index < -0.39 is 5.92 Å². The Balaban J connectivity index is 1.24. The molecule has 2 atom stereocenters. The van der Waals surface area contributed by atoms with Gasteiger partial charge in [0.2, 0.25) is 5.91 Å². The third-order valence-electron chi connectivity index (χ3n) is 7.55. The van der Waals surface area contributed by atoms with Crippen molar-refractivity contribution < 1.29 is 23.6 Å². The second-order valence-corrected chi connectivity index (χ2v) is 10.3. The van der Waals surface area contributed by atoms with Crippen molar-refractivity contribution >= 4 is 28.8 Å². The molecule has 11 heteroatoms. The molecule has 3 amide bonds.